The number of aliphatic hydroxyl groups is 1. The van der Waals surface area contributed by atoms with Crippen LogP contribution < -0.4 is 10.6 Å². The molecule has 0 spiro atoms. The molecule has 0 aliphatic heterocycles. The highest BCUT2D eigenvalue weighted by Gasteiger charge is 2.19. The number of carbonyl (C=O) groups is 1. The minimum Gasteiger partial charge on any atom is -0.394 e. The lowest BCUT2D eigenvalue weighted by Gasteiger charge is -2.23. The highest BCUT2D eigenvalue weighted by molar-refractivity contribution is 5.89. The standard InChI is InChI=1S/C11H14F2N2O2/c1-11(2,6-16)15-10(17)14-9-4-3-7(12)5-8(9)13/h3-5,16H,6H2,1-2H3,(H2,14,15,17). The van der Waals surface area contributed by atoms with Crippen LogP contribution in [0.5, 0.6) is 0 Å². The predicted octanol–water partition coefficient (Wildman–Crippen LogP) is 1.86. The second-order valence-electron chi connectivity index (χ2n) is 4.25. The van der Waals surface area contributed by atoms with Crippen LogP contribution in [0, 0.1) is 11.6 Å². The maximum absolute atomic E-state index is 13.2. The monoisotopic (exact) mass is 244 g/mol. The highest BCUT2D eigenvalue weighted by atomic mass is 19.1. The molecule has 4 nitrogen and oxygen atoms in total. The average Bonchev–Trinajstić information content (AvgIpc) is 2.21. The van der Waals surface area contributed by atoms with E-state index in [0.717, 1.165) is 12.1 Å². The molecule has 0 aromatic heterocycles. The number of nitrogens with one attached hydrogen (secondary N) is 2. The Kier molecular flexibility index (Phi) is 4.01. The van der Waals surface area contributed by atoms with Crippen LogP contribution in [0.3, 0.4) is 0 Å². The third-order valence-electron chi connectivity index (χ3n) is 2.03. The van der Waals surface area contributed by atoms with Crippen LogP contribution >= 0.6 is 0 Å². The molecule has 2 amide bonds. The number of hydrogen-bond donors (Lipinski definition) is 3. The molecule has 0 aliphatic carbocycles. The van der Waals surface area contributed by atoms with E-state index in [1.807, 2.05) is 0 Å². The molecule has 0 atom stereocenters. The summed E-state index contributed by atoms with van der Waals surface area (Å²) in [6.45, 7) is 2.95. The molecule has 17 heavy (non-hydrogen) atoms. The van der Waals surface area contributed by atoms with Gasteiger partial charge in [0.15, 0.2) is 0 Å². The first-order chi connectivity index (χ1) is 7.84. The zero-order valence-electron chi connectivity index (χ0n) is 9.55. The van der Waals surface area contributed by atoms with Crippen molar-refractivity contribution in [3.63, 3.8) is 0 Å². The first-order valence-corrected chi connectivity index (χ1v) is 4.99. The Hall–Kier alpha value is -1.69. The van der Waals surface area contributed by atoms with Gasteiger partial charge in [0.1, 0.15) is 11.6 Å². The summed E-state index contributed by atoms with van der Waals surface area (Å²) in [4.78, 5) is 11.4. The first kappa shape index (κ1) is 13.4. The number of hydrogen-bond acceptors (Lipinski definition) is 2. The van der Waals surface area contributed by atoms with Crippen molar-refractivity contribution in [3.8, 4) is 0 Å². The maximum atomic E-state index is 13.2. The van der Waals surface area contributed by atoms with E-state index in [0.29, 0.717) is 6.07 Å². The maximum Gasteiger partial charge on any atom is 0.319 e. The van der Waals surface area contributed by atoms with Crippen molar-refractivity contribution in [1.29, 1.82) is 0 Å². The zero-order valence-corrected chi connectivity index (χ0v) is 9.55. The molecule has 0 heterocycles. The van der Waals surface area contributed by atoms with E-state index in [1.165, 1.54) is 0 Å². The Morgan fingerprint density at radius 2 is 2.06 bits per heavy atom. The van der Waals surface area contributed by atoms with Gasteiger partial charge in [0.2, 0.25) is 0 Å². The number of benzene rings is 1. The normalized spacial score (nSPS) is 11.1. The van der Waals surface area contributed by atoms with Crippen LogP contribution in [-0.4, -0.2) is 23.3 Å². The molecule has 0 saturated carbocycles. The van der Waals surface area contributed by atoms with Crippen LogP contribution in [0.25, 0.3) is 0 Å². The summed E-state index contributed by atoms with van der Waals surface area (Å²) < 4.78 is 25.8. The molecule has 1 aromatic rings. The van der Waals surface area contributed by atoms with E-state index in [2.05, 4.69) is 10.6 Å². The lowest BCUT2D eigenvalue weighted by atomic mass is 10.1. The smallest absolute Gasteiger partial charge is 0.319 e. The van der Waals surface area contributed by atoms with Crippen LogP contribution in [0.4, 0.5) is 19.3 Å². The number of anilines is 1. The lowest BCUT2D eigenvalue weighted by Crippen LogP contribution is -2.48. The molecule has 6 heteroatoms. The molecular formula is C11H14F2N2O2. The molecular weight excluding hydrogens is 230 g/mol. The van der Waals surface area contributed by atoms with E-state index >= 15 is 0 Å². The summed E-state index contributed by atoms with van der Waals surface area (Å²) in [5.74, 6) is -1.58. The van der Waals surface area contributed by atoms with Crippen molar-refractivity contribution in [2.24, 2.45) is 0 Å². The summed E-state index contributed by atoms with van der Waals surface area (Å²) in [5, 5.41) is 13.6. The van der Waals surface area contributed by atoms with E-state index in [1.54, 1.807) is 13.8 Å². The Labute approximate surface area is 97.6 Å². The van der Waals surface area contributed by atoms with Crippen LogP contribution in [-0.2, 0) is 0 Å². The van der Waals surface area contributed by atoms with Gasteiger partial charge in [-0.2, -0.15) is 0 Å². The molecule has 0 radical (unpaired) electrons. The Morgan fingerprint density at radius 1 is 1.41 bits per heavy atom. The number of halogens is 2. The van der Waals surface area contributed by atoms with Gasteiger partial charge in [-0.1, -0.05) is 0 Å². The molecule has 0 aliphatic rings. The van der Waals surface area contributed by atoms with E-state index < -0.39 is 23.2 Å². The van der Waals surface area contributed by atoms with Gasteiger partial charge in [0.25, 0.3) is 0 Å². The summed E-state index contributed by atoms with van der Waals surface area (Å²) in [5.41, 5.74) is -0.946. The predicted molar refractivity (Wildman–Crippen MR) is 59.7 cm³/mol. The molecule has 3 N–H and O–H groups in total. The number of amides is 2. The minimum absolute atomic E-state index is 0.127. The SMILES string of the molecule is CC(C)(CO)NC(=O)Nc1ccc(F)cc1F. The van der Waals surface area contributed by atoms with Crippen molar-refractivity contribution in [1.82, 2.24) is 5.32 Å². The molecule has 94 valence electrons. The summed E-state index contributed by atoms with van der Waals surface area (Å²) in [6, 6.07) is 2.16. The van der Waals surface area contributed by atoms with Gasteiger partial charge in [-0.15, -0.1) is 0 Å². The molecule has 0 bridgehead atoms. The number of carbonyl (C=O) groups excluding carboxylic acids is 1. The Morgan fingerprint density at radius 3 is 2.59 bits per heavy atom. The van der Waals surface area contributed by atoms with Crippen molar-refractivity contribution < 1.29 is 18.7 Å². The Balaban J connectivity index is 2.69. The van der Waals surface area contributed by atoms with Gasteiger partial charge in [-0.05, 0) is 26.0 Å². The zero-order chi connectivity index (χ0) is 13.1. The van der Waals surface area contributed by atoms with Gasteiger partial charge >= 0.3 is 6.03 Å². The van der Waals surface area contributed by atoms with Crippen molar-refractivity contribution in [2.45, 2.75) is 19.4 Å². The van der Waals surface area contributed by atoms with Crippen LogP contribution in [0.15, 0.2) is 18.2 Å². The van der Waals surface area contributed by atoms with Crippen molar-refractivity contribution in [3.05, 3.63) is 29.8 Å². The van der Waals surface area contributed by atoms with Crippen molar-refractivity contribution in [2.75, 3.05) is 11.9 Å². The third-order valence-corrected chi connectivity index (χ3v) is 2.03. The Bertz CT molecular complexity index is 422. The molecule has 0 saturated heterocycles. The second kappa shape index (κ2) is 5.09. The summed E-state index contributed by atoms with van der Waals surface area (Å²) in [6.07, 6.45) is 0. The third kappa shape index (κ3) is 3.99. The minimum atomic E-state index is -0.859. The second-order valence-corrected chi connectivity index (χ2v) is 4.25. The fourth-order valence-corrected chi connectivity index (χ4v) is 1.09. The number of aliphatic hydroxyl groups excluding tert-OH is 1. The molecule has 1 aromatic carbocycles. The first-order valence-electron chi connectivity index (χ1n) is 4.99. The van der Waals surface area contributed by atoms with Gasteiger partial charge in [-0.25, -0.2) is 13.6 Å². The van der Waals surface area contributed by atoms with Gasteiger partial charge in [-0.3, -0.25) is 0 Å². The molecule has 0 unspecified atom stereocenters. The quantitative estimate of drug-likeness (QED) is 0.760. The van der Waals surface area contributed by atoms with Gasteiger partial charge < -0.3 is 15.7 Å². The van der Waals surface area contributed by atoms with E-state index in [4.69, 9.17) is 5.11 Å². The number of rotatable bonds is 3. The fraction of sp³-hybridized carbons (Fsp3) is 0.364. The summed E-state index contributed by atoms with van der Waals surface area (Å²) in [7, 11) is 0. The van der Waals surface area contributed by atoms with Crippen LogP contribution in [0.1, 0.15) is 13.8 Å². The van der Waals surface area contributed by atoms with E-state index in [9.17, 15) is 13.6 Å². The average molecular weight is 244 g/mol. The largest absolute Gasteiger partial charge is 0.394 e. The van der Waals surface area contributed by atoms with Gasteiger partial charge in [0.05, 0.1) is 17.8 Å². The van der Waals surface area contributed by atoms with Crippen molar-refractivity contribution >= 4 is 11.7 Å². The molecule has 0 fully saturated rings. The van der Waals surface area contributed by atoms with E-state index in [-0.39, 0.29) is 12.3 Å². The van der Waals surface area contributed by atoms with Crippen LogP contribution in [0.2, 0.25) is 0 Å². The molecule has 1 rings (SSSR count). The summed E-state index contributed by atoms with van der Waals surface area (Å²) >= 11 is 0. The fourth-order valence-electron chi connectivity index (χ4n) is 1.09. The lowest BCUT2D eigenvalue weighted by molar-refractivity contribution is 0.187. The van der Waals surface area contributed by atoms with Gasteiger partial charge in [0, 0.05) is 6.07 Å². The number of urea groups is 1. The topological polar surface area (TPSA) is 61.4 Å². The highest BCUT2D eigenvalue weighted by Crippen LogP contribution is 2.15.